The number of aromatic nitrogens is 2. The van der Waals surface area contributed by atoms with Gasteiger partial charge in [-0.2, -0.15) is 14.5 Å². The average Bonchev–Trinajstić information content (AvgIpc) is 2.37. The monoisotopic (exact) mass is 186 g/mol. The van der Waals surface area contributed by atoms with Crippen molar-refractivity contribution in [2.45, 2.75) is 6.92 Å². The van der Waals surface area contributed by atoms with Crippen molar-refractivity contribution in [3.8, 4) is 17.5 Å². The molecule has 0 fully saturated rings. The molecule has 62 valence electrons. The standard InChI is InChI=1S/C5H3N2O4P/c1-2-6-4-3-5(7-2)11-12(8,9-3)10-4/h1H3. The fraction of sp³-hybridized carbons (Fsp3) is 0.200. The Morgan fingerprint density at radius 2 is 1.75 bits per heavy atom. The Hall–Kier alpha value is -1.29. The van der Waals surface area contributed by atoms with Crippen LogP contribution in [0, 0.1) is 6.92 Å². The lowest BCUT2D eigenvalue weighted by atomic mass is 10.5. The summed E-state index contributed by atoms with van der Waals surface area (Å²) < 4.78 is 25.7. The van der Waals surface area contributed by atoms with Crippen LogP contribution in [0.15, 0.2) is 0 Å². The van der Waals surface area contributed by atoms with Crippen molar-refractivity contribution in [1.29, 1.82) is 0 Å². The molecule has 0 N–H and O–H groups in total. The van der Waals surface area contributed by atoms with Gasteiger partial charge in [0.1, 0.15) is 5.82 Å². The molecule has 0 unspecified atom stereocenters. The minimum absolute atomic E-state index is 0.215. The van der Waals surface area contributed by atoms with Gasteiger partial charge in [-0.15, -0.1) is 0 Å². The normalized spacial score (nSPS) is 19.8. The lowest BCUT2D eigenvalue weighted by molar-refractivity contribution is 0.344. The summed E-state index contributed by atoms with van der Waals surface area (Å²) >= 11 is 0. The maximum Gasteiger partial charge on any atom is 0.650 e. The van der Waals surface area contributed by atoms with Crippen LogP contribution in [-0.4, -0.2) is 9.97 Å². The van der Waals surface area contributed by atoms with Crippen LogP contribution in [0.1, 0.15) is 5.82 Å². The average molecular weight is 186 g/mol. The van der Waals surface area contributed by atoms with Gasteiger partial charge in [0.05, 0.1) is 0 Å². The molecule has 3 rings (SSSR count). The zero-order valence-electron chi connectivity index (χ0n) is 5.97. The number of aryl methyl sites for hydroxylation is 1. The minimum atomic E-state index is -3.39. The highest BCUT2D eigenvalue weighted by molar-refractivity contribution is 7.50. The van der Waals surface area contributed by atoms with Gasteiger partial charge in [-0.25, -0.2) is 0 Å². The van der Waals surface area contributed by atoms with Crippen molar-refractivity contribution >= 4 is 7.82 Å². The zero-order valence-corrected chi connectivity index (χ0v) is 6.87. The molecule has 0 atom stereocenters. The number of phosphoric acid groups is 1. The van der Waals surface area contributed by atoms with Gasteiger partial charge in [0.25, 0.3) is 17.5 Å². The molecular formula is C5H3N2O4P. The molecule has 0 spiro atoms. The van der Waals surface area contributed by atoms with Gasteiger partial charge in [-0.05, 0) is 6.92 Å². The largest absolute Gasteiger partial charge is 0.650 e. The summed E-state index contributed by atoms with van der Waals surface area (Å²) in [5.41, 5.74) is 0. The Labute approximate surface area is 67.1 Å². The maximum absolute atomic E-state index is 11.3. The molecule has 0 saturated heterocycles. The first-order valence-corrected chi connectivity index (χ1v) is 4.70. The van der Waals surface area contributed by atoms with Gasteiger partial charge >= 0.3 is 7.82 Å². The second-order valence-electron chi connectivity index (χ2n) is 2.43. The lowest BCUT2D eigenvalue weighted by Gasteiger charge is -2.07. The predicted octanol–water partition coefficient (Wildman–Crippen LogP) is 1.06. The Kier molecular flexibility index (Phi) is 0.814. The Morgan fingerprint density at radius 3 is 2.25 bits per heavy atom. The number of phosphoric ester groups is 1. The fourth-order valence-electron chi connectivity index (χ4n) is 1.09. The van der Waals surface area contributed by atoms with E-state index in [-0.39, 0.29) is 17.5 Å². The van der Waals surface area contributed by atoms with Crippen molar-refractivity contribution in [2.24, 2.45) is 0 Å². The lowest BCUT2D eigenvalue weighted by Crippen LogP contribution is -2.01. The van der Waals surface area contributed by atoms with E-state index in [0.717, 1.165) is 0 Å². The first-order chi connectivity index (χ1) is 5.66. The third kappa shape index (κ3) is 0.587. The molecule has 0 aliphatic carbocycles. The van der Waals surface area contributed by atoms with Crippen molar-refractivity contribution in [1.82, 2.24) is 9.97 Å². The molecule has 2 aliphatic rings. The number of nitrogens with zero attached hydrogens (tertiary/aromatic N) is 2. The first kappa shape index (κ1) is 6.25. The van der Waals surface area contributed by atoms with E-state index in [9.17, 15) is 4.57 Å². The highest BCUT2D eigenvalue weighted by atomic mass is 31.2. The quantitative estimate of drug-likeness (QED) is 0.564. The van der Waals surface area contributed by atoms with E-state index in [4.69, 9.17) is 13.6 Å². The van der Waals surface area contributed by atoms with E-state index in [1.54, 1.807) is 6.92 Å². The molecule has 0 amide bonds. The molecule has 2 aliphatic heterocycles. The number of hydrogen-bond acceptors (Lipinski definition) is 6. The molecule has 0 radical (unpaired) electrons. The first-order valence-electron chi connectivity index (χ1n) is 3.24. The van der Waals surface area contributed by atoms with Gasteiger partial charge in [0.2, 0.25) is 0 Å². The highest BCUT2D eigenvalue weighted by Crippen LogP contribution is 2.67. The van der Waals surface area contributed by atoms with Gasteiger partial charge < -0.3 is 13.6 Å². The number of fused-ring (bicyclic) bond motifs is 1. The smallest absolute Gasteiger partial charge is 0.374 e. The summed E-state index contributed by atoms with van der Waals surface area (Å²) in [5, 5.41) is 0. The van der Waals surface area contributed by atoms with Crippen LogP contribution in [0.4, 0.5) is 0 Å². The summed E-state index contributed by atoms with van der Waals surface area (Å²) in [6, 6.07) is 0. The van der Waals surface area contributed by atoms with Crippen LogP contribution in [0.25, 0.3) is 0 Å². The second-order valence-corrected chi connectivity index (χ2v) is 3.87. The number of rotatable bonds is 0. The van der Waals surface area contributed by atoms with Gasteiger partial charge in [0.15, 0.2) is 0 Å². The molecule has 2 bridgehead atoms. The molecule has 0 aromatic carbocycles. The summed E-state index contributed by atoms with van der Waals surface area (Å²) in [5.74, 6) is 1.18. The van der Waals surface area contributed by atoms with E-state index in [2.05, 4.69) is 9.97 Å². The molecule has 0 saturated carbocycles. The maximum atomic E-state index is 11.3. The molecule has 7 heteroatoms. The summed E-state index contributed by atoms with van der Waals surface area (Å²) in [6.45, 7) is 1.69. The predicted molar refractivity (Wildman–Crippen MR) is 36.3 cm³/mol. The second kappa shape index (κ2) is 1.56. The molecule has 6 nitrogen and oxygen atoms in total. The Morgan fingerprint density at radius 1 is 1.17 bits per heavy atom. The van der Waals surface area contributed by atoms with Crippen molar-refractivity contribution in [3.05, 3.63) is 5.82 Å². The Bertz CT molecular complexity index is 400. The molecule has 12 heavy (non-hydrogen) atoms. The van der Waals surface area contributed by atoms with Crippen LogP contribution in [0.2, 0.25) is 0 Å². The highest BCUT2D eigenvalue weighted by Gasteiger charge is 2.52. The van der Waals surface area contributed by atoms with E-state index < -0.39 is 7.82 Å². The molecule has 1 aromatic heterocycles. The van der Waals surface area contributed by atoms with E-state index in [1.165, 1.54) is 0 Å². The summed E-state index contributed by atoms with van der Waals surface area (Å²) in [7, 11) is -3.39. The van der Waals surface area contributed by atoms with Gasteiger partial charge in [-0.1, -0.05) is 0 Å². The molecule has 3 heterocycles. The van der Waals surface area contributed by atoms with Crippen LogP contribution < -0.4 is 13.6 Å². The van der Waals surface area contributed by atoms with Crippen LogP contribution >= 0.6 is 7.82 Å². The van der Waals surface area contributed by atoms with Gasteiger partial charge in [-0.3, -0.25) is 0 Å². The Balaban J connectivity index is 2.36. The summed E-state index contributed by atoms with van der Waals surface area (Å²) in [6.07, 6.45) is 0. The molecular weight excluding hydrogens is 183 g/mol. The van der Waals surface area contributed by atoms with Crippen molar-refractivity contribution in [3.63, 3.8) is 0 Å². The van der Waals surface area contributed by atoms with Crippen LogP contribution in [-0.2, 0) is 4.57 Å². The van der Waals surface area contributed by atoms with Crippen LogP contribution in [0.5, 0.6) is 17.5 Å². The zero-order chi connectivity index (χ0) is 8.34. The third-order valence-electron chi connectivity index (χ3n) is 1.51. The van der Waals surface area contributed by atoms with Gasteiger partial charge in [0, 0.05) is 0 Å². The van der Waals surface area contributed by atoms with E-state index in [0.29, 0.717) is 5.82 Å². The van der Waals surface area contributed by atoms with Crippen LogP contribution in [0.3, 0.4) is 0 Å². The topological polar surface area (TPSA) is 70.5 Å². The molecule has 1 aromatic rings. The van der Waals surface area contributed by atoms with E-state index in [1.807, 2.05) is 0 Å². The third-order valence-corrected chi connectivity index (χ3v) is 2.71. The van der Waals surface area contributed by atoms with Crippen molar-refractivity contribution < 1.29 is 18.1 Å². The van der Waals surface area contributed by atoms with Crippen molar-refractivity contribution in [2.75, 3.05) is 0 Å². The van der Waals surface area contributed by atoms with E-state index >= 15 is 0 Å². The minimum Gasteiger partial charge on any atom is -0.374 e. The SMILES string of the molecule is Cc1nc2c3c(n1)OP(=O)(O2)O3. The number of hydrogen-bond donors (Lipinski definition) is 0. The summed E-state index contributed by atoms with van der Waals surface area (Å²) in [4.78, 5) is 7.76. The fourth-order valence-corrected chi connectivity index (χ4v) is 2.26.